The van der Waals surface area contributed by atoms with Crippen LogP contribution in [0.25, 0.3) is 59.8 Å². The number of aromatic nitrogens is 2. The highest BCUT2D eigenvalue weighted by Gasteiger charge is 2.46. The lowest BCUT2D eigenvalue weighted by atomic mass is 9.67. The van der Waals surface area contributed by atoms with Crippen LogP contribution >= 0.6 is 11.3 Å². The largest absolute Gasteiger partial charge is 0.310 e. The summed E-state index contributed by atoms with van der Waals surface area (Å²) >= 11 is 1.84. The Morgan fingerprint density at radius 1 is 0.469 bits per heavy atom. The van der Waals surface area contributed by atoms with Gasteiger partial charge in [0.25, 0.3) is 0 Å². The minimum absolute atomic E-state index is 0.527. The molecule has 0 spiro atoms. The van der Waals surface area contributed by atoms with Gasteiger partial charge in [-0.2, -0.15) is 0 Å². The van der Waals surface area contributed by atoms with Gasteiger partial charge in [-0.3, -0.25) is 4.57 Å². The van der Waals surface area contributed by atoms with Crippen molar-refractivity contribution in [2.24, 2.45) is 0 Å². The molecule has 64 heavy (non-hydrogen) atoms. The smallest absolute Gasteiger partial charge is 0.145 e. The summed E-state index contributed by atoms with van der Waals surface area (Å²) in [7, 11) is 0. The Hall–Kier alpha value is -7.79. The van der Waals surface area contributed by atoms with Gasteiger partial charge in [-0.25, -0.2) is 4.98 Å². The first-order valence-corrected chi connectivity index (χ1v) is 22.8. The number of nitrogens with zero attached hydrogens (tertiary/aromatic N) is 3. The molecule has 0 saturated heterocycles. The van der Waals surface area contributed by atoms with Gasteiger partial charge in [0.1, 0.15) is 5.82 Å². The van der Waals surface area contributed by atoms with Gasteiger partial charge in [0.2, 0.25) is 0 Å². The summed E-state index contributed by atoms with van der Waals surface area (Å²) < 4.78 is 3.57. The van der Waals surface area contributed by atoms with Gasteiger partial charge in [0.05, 0.1) is 16.4 Å². The Labute approximate surface area is 377 Å². The zero-order valence-electron chi connectivity index (χ0n) is 35.6. The van der Waals surface area contributed by atoms with Gasteiger partial charge in [0, 0.05) is 37.9 Å². The van der Waals surface area contributed by atoms with Crippen LogP contribution in [0, 0.1) is 13.8 Å². The molecule has 0 saturated carbocycles. The number of fused-ring (bicyclic) bond motifs is 5. The van der Waals surface area contributed by atoms with Crippen LogP contribution in [0.4, 0.5) is 17.1 Å². The predicted molar refractivity (Wildman–Crippen MR) is 269 cm³/mol. The van der Waals surface area contributed by atoms with E-state index in [2.05, 4.69) is 248 Å². The molecule has 0 amide bonds. The van der Waals surface area contributed by atoms with Crippen molar-refractivity contribution >= 4 is 49.5 Å². The van der Waals surface area contributed by atoms with Gasteiger partial charge in [-0.1, -0.05) is 151 Å². The summed E-state index contributed by atoms with van der Waals surface area (Å²) in [6.07, 6.45) is 0. The lowest BCUT2D eigenvalue weighted by Crippen LogP contribution is -2.29. The van der Waals surface area contributed by atoms with Crippen molar-refractivity contribution in [2.45, 2.75) is 19.3 Å². The normalized spacial score (nSPS) is 12.7. The van der Waals surface area contributed by atoms with E-state index in [4.69, 9.17) is 4.98 Å². The summed E-state index contributed by atoms with van der Waals surface area (Å²) in [6, 6.07) is 82.4. The second kappa shape index (κ2) is 15.2. The van der Waals surface area contributed by atoms with E-state index in [9.17, 15) is 0 Å². The van der Waals surface area contributed by atoms with Crippen LogP contribution in [0.15, 0.2) is 224 Å². The molecule has 0 radical (unpaired) electrons. The van der Waals surface area contributed by atoms with Gasteiger partial charge in [-0.15, -0.1) is 11.3 Å². The maximum Gasteiger partial charge on any atom is 0.145 e. The molecule has 12 rings (SSSR count). The molecule has 0 atom stereocenters. The highest BCUT2D eigenvalue weighted by atomic mass is 32.1. The zero-order chi connectivity index (χ0) is 42.8. The van der Waals surface area contributed by atoms with E-state index >= 15 is 0 Å². The molecule has 304 valence electrons. The molecule has 0 N–H and O–H groups in total. The maximum atomic E-state index is 5.20. The standard InChI is InChI=1S/C60H43N3S/c1-40-20-28-45(29-21-40)60(46-30-22-41(2)23-31-46)53-16-8-7-15-51(53)52-37-36-50(39-54(52)60)62(48-32-24-42(25-33-48)58-38-44-12-6-11-19-57(44)64-58)49-34-26-43(27-35-49)59-61-55-17-9-10-18-56(55)63(59)47-13-4-3-5-14-47/h3-39H,1-2H3. The van der Waals surface area contributed by atoms with E-state index in [0.717, 1.165) is 45.2 Å². The number of imidazole rings is 1. The Bertz CT molecular complexity index is 3410. The van der Waals surface area contributed by atoms with E-state index < -0.39 is 5.41 Å². The molecule has 9 aromatic carbocycles. The number of hydrogen-bond donors (Lipinski definition) is 0. The highest BCUT2D eigenvalue weighted by Crippen LogP contribution is 2.57. The molecule has 2 heterocycles. The Morgan fingerprint density at radius 2 is 1.05 bits per heavy atom. The molecule has 0 bridgehead atoms. The molecule has 0 fully saturated rings. The fourth-order valence-electron chi connectivity index (χ4n) is 9.97. The fraction of sp³-hybridized carbons (Fsp3) is 0.0500. The first kappa shape index (κ1) is 37.9. The molecular formula is C60H43N3S. The number of para-hydroxylation sites is 3. The summed E-state index contributed by atoms with van der Waals surface area (Å²) in [6.45, 7) is 4.34. The van der Waals surface area contributed by atoms with Crippen LogP contribution in [0.2, 0.25) is 0 Å². The minimum Gasteiger partial charge on any atom is -0.310 e. The Kier molecular flexibility index (Phi) is 9.03. The van der Waals surface area contributed by atoms with E-state index in [-0.39, 0.29) is 0 Å². The van der Waals surface area contributed by atoms with E-state index in [0.29, 0.717) is 0 Å². The number of aryl methyl sites for hydroxylation is 2. The van der Waals surface area contributed by atoms with Gasteiger partial charge in [-0.05, 0) is 143 Å². The van der Waals surface area contributed by atoms with Crippen molar-refractivity contribution in [3.8, 4) is 38.6 Å². The molecule has 4 heteroatoms. The third-order valence-corrected chi connectivity index (χ3v) is 14.2. The molecule has 0 unspecified atom stereocenters. The van der Waals surface area contributed by atoms with Crippen molar-refractivity contribution in [3.05, 3.63) is 258 Å². The van der Waals surface area contributed by atoms with E-state index in [1.54, 1.807) is 0 Å². The van der Waals surface area contributed by atoms with Crippen molar-refractivity contribution < 1.29 is 0 Å². The van der Waals surface area contributed by atoms with Crippen LogP contribution in [0.1, 0.15) is 33.4 Å². The Balaban J connectivity index is 1.05. The van der Waals surface area contributed by atoms with Gasteiger partial charge in [0.15, 0.2) is 0 Å². The second-order valence-corrected chi connectivity index (χ2v) is 18.0. The Morgan fingerprint density at radius 3 is 1.75 bits per heavy atom. The summed E-state index contributed by atoms with van der Waals surface area (Å²) in [5.74, 6) is 0.912. The zero-order valence-corrected chi connectivity index (χ0v) is 36.4. The molecule has 2 aromatic heterocycles. The van der Waals surface area contributed by atoms with Gasteiger partial charge >= 0.3 is 0 Å². The molecule has 1 aliphatic rings. The average Bonchev–Trinajstić information content (AvgIpc) is 4.04. The summed E-state index contributed by atoms with van der Waals surface area (Å²) in [4.78, 5) is 8.88. The van der Waals surface area contributed by atoms with E-state index in [1.165, 1.54) is 65.0 Å². The quantitative estimate of drug-likeness (QED) is 0.152. The molecule has 0 aliphatic heterocycles. The van der Waals surface area contributed by atoms with Crippen molar-refractivity contribution in [2.75, 3.05) is 4.90 Å². The topological polar surface area (TPSA) is 21.1 Å². The second-order valence-electron chi connectivity index (χ2n) is 16.9. The fourth-order valence-corrected chi connectivity index (χ4v) is 11.0. The number of benzene rings is 9. The van der Waals surface area contributed by atoms with Crippen molar-refractivity contribution in [1.82, 2.24) is 9.55 Å². The first-order valence-electron chi connectivity index (χ1n) is 21.9. The molecule has 1 aliphatic carbocycles. The number of hydrogen-bond acceptors (Lipinski definition) is 3. The van der Waals surface area contributed by atoms with Crippen LogP contribution in [0.5, 0.6) is 0 Å². The van der Waals surface area contributed by atoms with Crippen LogP contribution in [0.3, 0.4) is 0 Å². The summed E-state index contributed by atoms with van der Waals surface area (Å²) in [5, 5.41) is 1.28. The molecular weight excluding hydrogens is 795 g/mol. The summed E-state index contributed by atoms with van der Waals surface area (Å²) in [5.41, 5.74) is 18.2. The van der Waals surface area contributed by atoms with Crippen LogP contribution in [-0.4, -0.2) is 9.55 Å². The van der Waals surface area contributed by atoms with Crippen LogP contribution < -0.4 is 4.90 Å². The van der Waals surface area contributed by atoms with E-state index in [1.807, 2.05) is 11.3 Å². The lowest BCUT2D eigenvalue weighted by molar-refractivity contribution is 0.767. The first-order chi connectivity index (χ1) is 31.5. The lowest BCUT2D eigenvalue weighted by Gasteiger charge is -2.35. The maximum absolute atomic E-state index is 5.20. The SMILES string of the molecule is Cc1ccc(C2(c3ccc(C)cc3)c3ccccc3-c3ccc(N(c4ccc(-c5cc6ccccc6s5)cc4)c4ccc(-c5nc6ccccc6n5-c5ccccc5)cc4)cc32)cc1. The van der Waals surface area contributed by atoms with Gasteiger partial charge < -0.3 is 4.90 Å². The monoisotopic (exact) mass is 837 g/mol. The number of rotatable bonds is 8. The number of anilines is 3. The van der Waals surface area contributed by atoms with Crippen LogP contribution in [-0.2, 0) is 5.41 Å². The molecule has 3 nitrogen and oxygen atoms in total. The van der Waals surface area contributed by atoms with Crippen molar-refractivity contribution in [3.63, 3.8) is 0 Å². The highest BCUT2D eigenvalue weighted by molar-refractivity contribution is 7.22. The average molecular weight is 838 g/mol. The predicted octanol–water partition coefficient (Wildman–Crippen LogP) is 16.0. The third-order valence-electron chi connectivity index (χ3n) is 13.1. The number of thiophene rings is 1. The minimum atomic E-state index is -0.527. The van der Waals surface area contributed by atoms with Crippen molar-refractivity contribution in [1.29, 1.82) is 0 Å². The molecule has 11 aromatic rings. The third kappa shape index (κ3) is 6.13.